The van der Waals surface area contributed by atoms with Gasteiger partial charge in [0.1, 0.15) is 0 Å². The van der Waals surface area contributed by atoms with Crippen molar-refractivity contribution in [3.05, 3.63) is 0 Å². The molecule has 0 saturated carbocycles. The Morgan fingerprint density at radius 3 is 2.77 bits per heavy atom. The minimum absolute atomic E-state index is 0.288. The Hall–Kier alpha value is -0.570. The lowest BCUT2D eigenvalue weighted by molar-refractivity contribution is -0.136. The fraction of sp³-hybridized carbons (Fsp3) is 0.900. The highest BCUT2D eigenvalue weighted by molar-refractivity contribution is 5.80. The fourth-order valence-corrected chi connectivity index (χ4v) is 2.09. The number of nitrogens with one attached hydrogen (secondary N) is 1. The van der Waals surface area contributed by atoms with Gasteiger partial charge in [0.2, 0.25) is 5.91 Å². The maximum atomic E-state index is 11.8. The molecule has 1 N–H and O–H groups in total. The minimum Gasteiger partial charge on any atom is -0.342 e. The first-order valence-corrected chi connectivity index (χ1v) is 5.30. The zero-order chi connectivity index (χ0) is 9.26. The van der Waals surface area contributed by atoms with Gasteiger partial charge in [-0.05, 0) is 12.3 Å². The number of carbonyl (C=O) groups excluding carboxylic acids is 1. The summed E-state index contributed by atoms with van der Waals surface area (Å²) in [7, 11) is 0. The number of hydrogen-bond acceptors (Lipinski definition) is 2. The summed E-state index contributed by atoms with van der Waals surface area (Å²) in [5.74, 6) is 1.43. The molecule has 3 heteroatoms. The van der Waals surface area contributed by atoms with E-state index in [9.17, 15) is 4.79 Å². The highest BCUT2D eigenvalue weighted by Crippen LogP contribution is 2.21. The highest BCUT2D eigenvalue weighted by atomic mass is 16.2. The maximum absolute atomic E-state index is 11.8. The molecule has 2 aliphatic heterocycles. The van der Waals surface area contributed by atoms with Gasteiger partial charge in [0.15, 0.2) is 0 Å². The van der Waals surface area contributed by atoms with Gasteiger partial charge >= 0.3 is 0 Å². The zero-order valence-corrected chi connectivity index (χ0v) is 8.25. The van der Waals surface area contributed by atoms with Crippen molar-refractivity contribution in [2.24, 2.45) is 11.8 Å². The molecule has 74 valence electrons. The summed E-state index contributed by atoms with van der Waals surface area (Å²) in [5, 5.41) is 3.14. The van der Waals surface area contributed by atoms with Crippen molar-refractivity contribution in [2.75, 3.05) is 26.2 Å². The average molecular weight is 182 g/mol. The molecule has 1 amide bonds. The summed E-state index contributed by atoms with van der Waals surface area (Å²) in [6, 6.07) is 0. The molecular weight excluding hydrogens is 164 g/mol. The molecule has 1 atom stereocenters. The molecular formula is C10H18N2O. The Labute approximate surface area is 79.5 Å². The highest BCUT2D eigenvalue weighted by Gasteiger charge is 2.32. The molecule has 2 saturated heterocycles. The summed E-state index contributed by atoms with van der Waals surface area (Å²) in [6.45, 7) is 6.00. The molecule has 0 bridgehead atoms. The molecule has 0 aromatic carbocycles. The van der Waals surface area contributed by atoms with Crippen molar-refractivity contribution in [1.29, 1.82) is 0 Å². The van der Waals surface area contributed by atoms with Gasteiger partial charge in [-0.2, -0.15) is 0 Å². The topological polar surface area (TPSA) is 32.3 Å². The molecule has 2 fully saturated rings. The van der Waals surface area contributed by atoms with E-state index in [-0.39, 0.29) is 5.92 Å². The number of rotatable bonds is 2. The van der Waals surface area contributed by atoms with Crippen LogP contribution in [0.15, 0.2) is 0 Å². The van der Waals surface area contributed by atoms with E-state index < -0.39 is 0 Å². The quantitative estimate of drug-likeness (QED) is 0.673. The molecule has 2 heterocycles. The third-order valence-corrected chi connectivity index (χ3v) is 3.31. The Bertz CT molecular complexity index is 201. The molecule has 2 aliphatic rings. The minimum atomic E-state index is 0.288. The molecule has 13 heavy (non-hydrogen) atoms. The van der Waals surface area contributed by atoms with Crippen molar-refractivity contribution >= 4 is 5.91 Å². The van der Waals surface area contributed by atoms with Crippen LogP contribution in [0.25, 0.3) is 0 Å². The lowest BCUT2D eigenvalue weighted by Gasteiger charge is -2.30. The van der Waals surface area contributed by atoms with E-state index in [4.69, 9.17) is 0 Å². The van der Waals surface area contributed by atoms with Gasteiger partial charge in [0, 0.05) is 26.2 Å². The van der Waals surface area contributed by atoms with E-state index in [1.54, 1.807) is 0 Å². The summed E-state index contributed by atoms with van der Waals surface area (Å²) >= 11 is 0. The molecule has 0 aliphatic carbocycles. The van der Waals surface area contributed by atoms with Crippen molar-refractivity contribution in [3.8, 4) is 0 Å². The molecule has 0 aromatic rings. The summed E-state index contributed by atoms with van der Waals surface area (Å²) in [5.41, 5.74) is 0. The van der Waals surface area contributed by atoms with E-state index in [0.29, 0.717) is 5.91 Å². The predicted octanol–water partition coefficient (Wildman–Crippen LogP) is 0.464. The van der Waals surface area contributed by atoms with Crippen LogP contribution in [-0.4, -0.2) is 37.0 Å². The lowest BCUT2D eigenvalue weighted by atomic mass is 10.0. The standard InChI is InChI=1S/C10H18N2O/c1-2-8-3-4-12(7-8)10(13)9-5-11-6-9/h8-9,11H,2-7H2,1H3. The van der Waals surface area contributed by atoms with Crippen LogP contribution in [0.3, 0.4) is 0 Å². The van der Waals surface area contributed by atoms with Gasteiger partial charge in [0.25, 0.3) is 0 Å². The van der Waals surface area contributed by atoms with Crippen molar-refractivity contribution in [2.45, 2.75) is 19.8 Å². The lowest BCUT2D eigenvalue weighted by Crippen LogP contribution is -2.51. The van der Waals surface area contributed by atoms with Crippen LogP contribution in [0.4, 0.5) is 0 Å². The van der Waals surface area contributed by atoms with E-state index >= 15 is 0 Å². The second-order valence-corrected chi connectivity index (χ2v) is 4.20. The Kier molecular flexibility index (Phi) is 2.54. The van der Waals surface area contributed by atoms with Gasteiger partial charge in [-0.1, -0.05) is 13.3 Å². The first kappa shape index (κ1) is 9.00. The van der Waals surface area contributed by atoms with Crippen LogP contribution in [0, 0.1) is 11.8 Å². The van der Waals surface area contributed by atoms with Crippen LogP contribution in [0.2, 0.25) is 0 Å². The van der Waals surface area contributed by atoms with Crippen LogP contribution in [-0.2, 0) is 4.79 Å². The van der Waals surface area contributed by atoms with Gasteiger partial charge in [-0.15, -0.1) is 0 Å². The summed E-state index contributed by atoms with van der Waals surface area (Å²) < 4.78 is 0. The summed E-state index contributed by atoms with van der Waals surface area (Å²) in [6.07, 6.45) is 2.43. The smallest absolute Gasteiger partial charge is 0.228 e. The second-order valence-electron chi connectivity index (χ2n) is 4.20. The van der Waals surface area contributed by atoms with Crippen LogP contribution >= 0.6 is 0 Å². The molecule has 3 nitrogen and oxygen atoms in total. The van der Waals surface area contributed by atoms with E-state index in [1.807, 2.05) is 0 Å². The molecule has 0 aromatic heterocycles. The SMILES string of the molecule is CCC1CCN(C(=O)C2CNC2)C1. The van der Waals surface area contributed by atoms with E-state index in [0.717, 1.165) is 32.1 Å². The Morgan fingerprint density at radius 1 is 1.54 bits per heavy atom. The van der Waals surface area contributed by atoms with Gasteiger partial charge < -0.3 is 10.2 Å². The summed E-state index contributed by atoms with van der Waals surface area (Å²) in [4.78, 5) is 13.8. The Balaban J connectivity index is 1.84. The van der Waals surface area contributed by atoms with E-state index in [2.05, 4.69) is 17.1 Å². The van der Waals surface area contributed by atoms with Gasteiger partial charge in [-0.25, -0.2) is 0 Å². The van der Waals surface area contributed by atoms with Crippen molar-refractivity contribution < 1.29 is 4.79 Å². The molecule has 0 spiro atoms. The third kappa shape index (κ3) is 1.70. The maximum Gasteiger partial charge on any atom is 0.228 e. The number of amides is 1. The number of carbonyl (C=O) groups is 1. The first-order chi connectivity index (χ1) is 6.31. The largest absolute Gasteiger partial charge is 0.342 e. The molecule has 0 radical (unpaired) electrons. The van der Waals surface area contributed by atoms with Gasteiger partial charge in [-0.3, -0.25) is 4.79 Å². The fourth-order valence-electron chi connectivity index (χ4n) is 2.09. The third-order valence-electron chi connectivity index (χ3n) is 3.31. The molecule has 1 unspecified atom stereocenters. The van der Waals surface area contributed by atoms with Crippen molar-refractivity contribution in [3.63, 3.8) is 0 Å². The average Bonchev–Trinajstić information content (AvgIpc) is 2.48. The monoisotopic (exact) mass is 182 g/mol. The Morgan fingerprint density at radius 2 is 2.31 bits per heavy atom. The van der Waals surface area contributed by atoms with Crippen LogP contribution < -0.4 is 5.32 Å². The van der Waals surface area contributed by atoms with Crippen molar-refractivity contribution in [1.82, 2.24) is 10.2 Å². The number of likely N-dealkylation sites (tertiary alicyclic amines) is 1. The normalized spacial score (nSPS) is 29.0. The predicted molar refractivity (Wildman–Crippen MR) is 51.3 cm³/mol. The van der Waals surface area contributed by atoms with Crippen LogP contribution in [0.5, 0.6) is 0 Å². The van der Waals surface area contributed by atoms with Crippen LogP contribution in [0.1, 0.15) is 19.8 Å². The second kappa shape index (κ2) is 3.66. The zero-order valence-electron chi connectivity index (χ0n) is 8.25. The van der Waals surface area contributed by atoms with E-state index in [1.165, 1.54) is 12.8 Å². The molecule has 2 rings (SSSR count). The number of nitrogens with zero attached hydrogens (tertiary/aromatic N) is 1. The first-order valence-electron chi connectivity index (χ1n) is 5.30. The van der Waals surface area contributed by atoms with Gasteiger partial charge in [0.05, 0.1) is 5.92 Å². The number of hydrogen-bond donors (Lipinski definition) is 1.